The quantitative estimate of drug-likeness (QED) is 0.477. The van der Waals surface area contributed by atoms with Gasteiger partial charge in [0.2, 0.25) is 0 Å². The molecule has 5 rings (SSSR count). The van der Waals surface area contributed by atoms with Gasteiger partial charge in [-0.05, 0) is 36.4 Å². The molecule has 0 fully saturated rings. The van der Waals surface area contributed by atoms with Crippen molar-refractivity contribution in [3.8, 4) is 29.0 Å². The minimum Gasteiger partial charge on any atom is -0.383 e. The minimum absolute atomic E-state index is 0.535. The number of imidazole rings is 2. The van der Waals surface area contributed by atoms with Gasteiger partial charge in [-0.25, -0.2) is 15.0 Å². The smallest absolute Gasteiger partial charge is 0.161 e. The van der Waals surface area contributed by atoms with Crippen LogP contribution < -0.4 is 0 Å². The van der Waals surface area contributed by atoms with Crippen LogP contribution in [0.4, 0.5) is 0 Å². The Hall–Kier alpha value is -3.54. The number of nitrogens with zero attached hydrogens (tertiary/aromatic N) is 5. The average molecular weight is 400 g/mol. The number of nitrogens with one attached hydrogen (secondary N) is 1. The predicted octanol–water partition coefficient (Wildman–Crippen LogP) is 4.22. The lowest BCUT2D eigenvalue weighted by molar-refractivity contribution is 0.188. The van der Waals surface area contributed by atoms with Gasteiger partial charge >= 0.3 is 0 Å². The highest BCUT2D eigenvalue weighted by molar-refractivity contribution is 7.16. The molecular weight excluding hydrogens is 384 g/mol. The summed E-state index contributed by atoms with van der Waals surface area (Å²) in [6.45, 7) is 1.15. The first-order valence-electron chi connectivity index (χ1n) is 9.05. The van der Waals surface area contributed by atoms with Gasteiger partial charge in [0.05, 0.1) is 45.0 Å². The molecule has 142 valence electrons. The van der Waals surface area contributed by atoms with E-state index in [1.54, 1.807) is 24.5 Å². The first-order chi connectivity index (χ1) is 14.3. The number of H-pyrrole nitrogens is 1. The van der Waals surface area contributed by atoms with Gasteiger partial charge < -0.3 is 14.3 Å². The third kappa shape index (κ3) is 3.06. The number of thiazole rings is 1. The normalized spacial score (nSPS) is 11.3. The Balaban J connectivity index is 1.61. The van der Waals surface area contributed by atoms with E-state index in [-0.39, 0.29) is 0 Å². The number of hydrogen-bond donors (Lipinski definition) is 1. The largest absolute Gasteiger partial charge is 0.383 e. The molecule has 0 saturated carbocycles. The number of fused-ring (bicyclic) bond motifs is 2. The van der Waals surface area contributed by atoms with Gasteiger partial charge in [-0.1, -0.05) is 0 Å². The average Bonchev–Trinajstić information content (AvgIpc) is 3.48. The highest BCUT2D eigenvalue weighted by Crippen LogP contribution is 2.28. The molecule has 7 nitrogen and oxygen atoms in total. The molecule has 0 aliphatic heterocycles. The number of methoxy groups -OCH3 is 1. The summed E-state index contributed by atoms with van der Waals surface area (Å²) >= 11 is 1.62. The Bertz CT molecular complexity index is 1370. The van der Waals surface area contributed by atoms with Crippen molar-refractivity contribution in [1.82, 2.24) is 24.5 Å². The zero-order valence-corrected chi connectivity index (χ0v) is 16.4. The van der Waals surface area contributed by atoms with Crippen molar-refractivity contribution in [3.05, 3.63) is 53.7 Å². The fourth-order valence-electron chi connectivity index (χ4n) is 3.39. The Morgan fingerprint density at radius 1 is 1.17 bits per heavy atom. The summed E-state index contributed by atoms with van der Waals surface area (Å²) in [7, 11) is 1.67. The van der Waals surface area contributed by atoms with Crippen LogP contribution in [0.3, 0.4) is 0 Å². The first-order valence-corrected chi connectivity index (χ1v) is 9.93. The van der Waals surface area contributed by atoms with E-state index in [9.17, 15) is 5.26 Å². The van der Waals surface area contributed by atoms with Crippen LogP contribution >= 0.6 is 11.3 Å². The lowest BCUT2D eigenvalue weighted by atomic mass is 10.2. The van der Waals surface area contributed by atoms with Crippen LogP contribution in [0, 0.1) is 11.3 Å². The van der Waals surface area contributed by atoms with Gasteiger partial charge in [0.15, 0.2) is 5.82 Å². The molecule has 2 aromatic carbocycles. The fraction of sp³-hybridized carbons (Fsp3) is 0.143. The summed E-state index contributed by atoms with van der Waals surface area (Å²) < 4.78 is 8.46. The van der Waals surface area contributed by atoms with Gasteiger partial charge in [0, 0.05) is 25.4 Å². The third-order valence-corrected chi connectivity index (χ3v) is 5.62. The molecule has 0 amide bonds. The van der Waals surface area contributed by atoms with Crippen LogP contribution in [0.2, 0.25) is 0 Å². The van der Waals surface area contributed by atoms with Gasteiger partial charge in [-0.15, -0.1) is 11.3 Å². The molecule has 0 saturated heterocycles. The second-order valence-corrected chi connectivity index (χ2v) is 7.45. The first kappa shape index (κ1) is 17.6. The highest BCUT2D eigenvalue weighted by Gasteiger charge is 2.16. The van der Waals surface area contributed by atoms with E-state index >= 15 is 0 Å². The number of hydrogen-bond acceptors (Lipinski definition) is 6. The Labute approximate surface area is 170 Å². The molecule has 0 aliphatic carbocycles. The minimum atomic E-state index is 0.535. The van der Waals surface area contributed by atoms with Gasteiger partial charge in [0.25, 0.3) is 0 Å². The highest BCUT2D eigenvalue weighted by atomic mass is 32.1. The summed E-state index contributed by atoms with van der Waals surface area (Å²) in [6, 6.07) is 13.8. The van der Waals surface area contributed by atoms with E-state index in [1.807, 2.05) is 40.5 Å². The number of benzene rings is 2. The number of rotatable bonds is 5. The molecule has 1 N–H and O–H groups in total. The zero-order chi connectivity index (χ0) is 19.8. The van der Waals surface area contributed by atoms with Crippen LogP contribution in [0.25, 0.3) is 44.2 Å². The summed E-state index contributed by atoms with van der Waals surface area (Å²) in [5.74, 6) is 1.50. The van der Waals surface area contributed by atoms with E-state index in [0.717, 1.165) is 44.2 Å². The van der Waals surface area contributed by atoms with Gasteiger partial charge in [-0.2, -0.15) is 5.26 Å². The summed E-state index contributed by atoms with van der Waals surface area (Å²) in [4.78, 5) is 17.2. The molecule has 3 heterocycles. The Kier molecular flexibility index (Phi) is 4.31. The number of aromatic nitrogens is 5. The summed E-state index contributed by atoms with van der Waals surface area (Å²) in [5, 5.41) is 9.25. The predicted molar refractivity (Wildman–Crippen MR) is 113 cm³/mol. The second-order valence-electron chi connectivity index (χ2n) is 6.56. The molecule has 0 bridgehead atoms. The standard InChI is InChI=1S/C21H16N6OS/c1-28-7-6-27-18-8-13(10-22)2-4-15(18)26-21(27)17-11-23-20(25-17)14-3-5-19-16(9-14)24-12-29-19/h2-5,8-9,11-12H,6-7H2,1H3,(H,23,25). The van der Waals surface area contributed by atoms with Crippen molar-refractivity contribution in [2.24, 2.45) is 0 Å². The maximum Gasteiger partial charge on any atom is 0.161 e. The van der Waals surface area contributed by atoms with Crippen LogP contribution in [0.5, 0.6) is 0 Å². The van der Waals surface area contributed by atoms with Crippen molar-refractivity contribution < 1.29 is 4.74 Å². The molecule has 0 unspecified atom stereocenters. The summed E-state index contributed by atoms with van der Waals surface area (Å²) in [6.07, 6.45) is 1.86. The SMILES string of the molecule is COCCn1c(-c2c[nH]c(-c3ccc4scnc4c3)n2)nc2ccc(C#N)cc21. The number of aromatic amines is 1. The lowest BCUT2D eigenvalue weighted by Crippen LogP contribution is -2.06. The van der Waals surface area contributed by atoms with Crippen LogP contribution in [-0.2, 0) is 11.3 Å². The van der Waals surface area contributed by atoms with Crippen molar-refractivity contribution in [2.45, 2.75) is 6.54 Å². The van der Waals surface area contributed by atoms with Crippen LogP contribution in [0.15, 0.2) is 48.1 Å². The van der Waals surface area contributed by atoms with E-state index in [2.05, 4.69) is 22.1 Å². The summed E-state index contributed by atoms with van der Waals surface area (Å²) in [5.41, 5.74) is 6.83. The van der Waals surface area contributed by atoms with Crippen molar-refractivity contribution in [2.75, 3.05) is 13.7 Å². The molecule has 0 atom stereocenters. The molecule has 0 spiro atoms. The topological polar surface area (TPSA) is 92.4 Å². The van der Waals surface area contributed by atoms with Crippen molar-refractivity contribution in [1.29, 1.82) is 5.26 Å². The Morgan fingerprint density at radius 2 is 2.10 bits per heavy atom. The molecule has 29 heavy (non-hydrogen) atoms. The lowest BCUT2D eigenvalue weighted by Gasteiger charge is -2.07. The number of nitriles is 1. The van der Waals surface area contributed by atoms with Crippen LogP contribution in [-0.4, -0.2) is 38.2 Å². The molecule has 0 radical (unpaired) electrons. The van der Waals surface area contributed by atoms with Crippen molar-refractivity contribution >= 4 is 32.6 Å². The van der Waals surface area contributed by atoms with E-state index < -0.39 is 0 Å². The third-order valence-electron chi connectivity index (χ3n) is 4.81. The Morgan fingerprint density at radius 3 is 2.97 bits per heavy atom. The molecule has 0 aliphatic rings. The van der Waals surface area contributed by atoms with Crippen LogP contribution in [0.1, 0.15) is 5.56 Å². The van der Waals surface area contributed by atoms with Gasteiger partial charge in [0.1, 0.15) is 11.5 Å². The van der Waals surface area contributed by atoms with E-state index in [1.165, 1.54) is 0 Å². The van der Waals surface area contributed by atoms with Crippen molar-refractivity contribution in [3.63, 3.8) is 0 Å². The van der Waals surface area contributed by atoms with Gasteiger partial charge in [-0.3, -0.25) is 0 Å². The second kappa shape index (κ2) is 7.13. The molecule has 3 aromatic heterocycles. The maximum absolute atomic E-state index is 9.25. The van der Waals surface area contributed by atoms with E-state index in [0.29, 0.717) is 18.7 Å². The maximum atomic E-state index is 9.25. The van der Waals surface area contributed by atoms with E-state index in [4.69, 9.17) is 14.7 Å². The molecule has 8 heteroatoms. The molecular formula is C21H16N6OS. The zero-order valence-electron chi connectivity index (χ0n) is 15.6. The fourth-order valence-corrected chi connectivity index (χ4v) is 4.04. The molecule has 5 aromatic rings. The number of ether oxygens (including phenoxy) is 1. The monoisotopic (exact) mass is 400 g/mol.